The van der Waals surface area contributed by atoms with E-state index in [1.54, 1.807) is 24.0 Å². The fourth-order valence-corrected chi connectivity index (χ4v) is 6.36. The lowest BCUT2D eigenvalue weighted by Gasteiger charge is -2.25. The van der Waals surface area contributed by atoms with E-state index in [2.05, 4.69) is 0 Å². The lowest BCUT2D eigenvalue weighted by Crippen LogP contribution is -2.41. The number of esters is 1. The first kappa shape index (κ1) is 25.6. The van der Waals surface area contributed by atoms with Gasteiger partial charge in [0.15, 0.2) is 4.80 Å². The number of benzene rings is 3. The number of carbonyl (C=O) groups excluding carboxylic acids is 2. The van der Waals surface area contributed by atoms with Gasteiger partial charge in [0, 0.05) is 17.7 Å². The third-order valence-electron chi connectivity index (χ3n) is 7.00. The van der Waals surface area contributed by atoms with Crippen molar-refractivity contribution < 1.29 is 18.7 Å². The van der Waals surface area contributed by atoms with Crippen molar-refractivity contribution in [1.82, 2.24) is 4.57 Å². The molecule has 40 heavy (non-hydrogen) atoms. The molecule has 6 rings (SSSR count). The second kappa shape index (κ2) is 10.2. The first-order chi connectivity index (χ1) is 19.4. The molecule has 9 heteroatoms. The number of carbonyl (C=O) groups is 2. The molecule has 4 aromatic rings. The maximum atomic E-state index is 14.2. The van der Waals surface area contributed by atoms with Gasteiger partial charge in [0.1, 0.15) is 10.3 Å². The lowest BCUT2D eigenvalue weighted by molar-refractivity contribution is -0.138. The van der Waals surface area contributed by atoms with Gasteiger partial charge in [0.25, 0.3) is 11.5 Å². The van der Waals surface area contributed by atoms with Crippen molar-refractivity contribution in [3.63, 3.8) is 0 Å². The molecule has 0 bridgehead atoms. The Morgan fingerprint density at radius 1 is 0.975 bits per heavy atom. The Morgan fingerprint density at radius 2 is 1.68 bits per heavy atom. The van der Waals surface area contributed by atoms with Crippen LogP contribution in [0.25, 0.3) is 11.3 Å². The van der Waals surface area contributed by atoms with Crippen molar-refractivity contribution in [3.8, 4) is 0 Å². The van der Waals surface area contributed by atoms with Gasteiger partial charge in [-0.2, -0.15) is 0 Å². The van der Waals surface area contributed by atoms with Gasteiger partial charge in [-0.25, -0.2) is 14.2 Å². The van der Waals surface area contributed by atoms with E-state index in [1.807, 2.05) is 61.5 Å². The Balaban J connectivity index is 1.72. The second-order valence-electron chi connectivity index (χ2n) is 9.25. The minimum absolute atomic E-state index is 0.118. The highest BCUT2D eigenvalue weighted by atomic mass is 32.1. The highest BCUT2D eigenvalue weighted by Crippen LogP contribution is 2.37. The molecule has 1 aromatic heterocycles. The van der Waals surface area contributed by atoms with Crippen LogP contribution in [0.3, 0.4) is 0 Å². The molecule has 0 radical (unpaired) electrons. The molecule has 0 aliphatic carbocycles. The topological polar surface area (TPSA) is 81.0 Å². The van der Waals surface area contributed by atoms with E-state index in [0.29, 0.717) is 39.3 Å². The van der Waals surface area contributed by atoms with Crippen molar-refractivity contribution >= 4 is 40.2 Å². The Bertz CT molecular complexity index is 1870. The van der Waals surface area contributed by atoms with Crippen molar-refractivity contribution in [1.29, 1.82) is 0 Å². The van der Waals surface area contributed by atoms with E-state index < -0.39 is 23.4 Å². The molecule has 2 aliphatic heterocycles. The molecule has 3 heterocycles. The number of fused-ring (bicyclic) bond motifs is 2. The largest absolute Gasteiger partial charge is 0.463 e. The van der Waals surface area contributed by atoms with Gasteiger partial charge < -0.3 is 9.64 Å². The smallest absolute Gasteiger partial charge is 0.338 e. The van der Waals surface area contributed by atoms with Gasteiger partial charge in [0.05, 0.1) is 35.2 Å². The number of aromatic nitrogens is 1. The van der Waals surface area contributed by atoms with Crippen LogP contribution in [0.5, 0.6) is 0 Å². The van der Waals surface area contributed by atoms with Gasteiger partial charge in [-0.1, -0.05) is 72.0 Å². The molecule has 3 aromatic carbocycles. The summed E-state index contributed by atoms with van der Waals surface area (Å²) in [7, 11) is 0. The Hall–Kier alpha value is -4.63. The summed E-state index contributed by atoms with van der Waals surface area (Å²) in [5.74, 6) is -1.34. The highest BCUT2D eigenvalue weighted by molar-refractivity contribution is 7.07. The van der Waals surface area contributed by atoms with E-state index in [4.69, 9.17) is 9.73 Å². The molecule has 0 unspecified atom stereocenters. The van der Waals surface area contributed by atoms with E-state index in [9.17, 15) is 18.8 Å². The summed E-state index contributed by atoms with van der Waals surface area (Å²) in [6.07, 6.45) is 0. The number of anilines is 1. The number of ether oxygens (including phenoxy) is 1. The predicted octanol–water partition coefficient (Wildman–Crippen LogP) is 3.81. The molecule has 1 amide bonds. The molecular weight excluding hydrogens is 529 g/mol. The summed E-state index contributed by atoms with van der Waals surface area (Å²) in [6, 6.07) is 21.2. The summed E-state index contributed by atoms with van der Waals surface area (Å²) < 4.78 is 21.1. The van der Waals surface area contributed by atoms with Crippen LogP contribution in [-0.2, 0) is 14.3 Å². The zero-order chi connectivity index (χ0) is 28.0. The molecule has 7 nitrogen and oxygen atoms in total. The third kappa shape index (κ3) is 4.01. The third-order valence-corrected chi connectivity index (χ3v) is 8.05. The van der Waals surface area contributed by atoms with Gasteiger partial charge >= 0.3 is 5.97 Å². The molecule has 0 spiro atoms. The number of nitrogens with zero attached hydrogens (tertiary/aromatic N) is 3. The van der Waals surface area contributed by atoms with Gasteiger partial charge in [-0.05, 0) is 37.6 Å². The monoisotopic (exact) mass is 553 g/mol. The molecule has 200 valence electrons. The van der Waals surface area contributed by atoms with Crippen LogP contribution in [0.15, 0.2) is 94.2 Å². The maximum Gasteiger partial charge on any atom is 0.338 e. The van der Waals surface area contributed by atoms with Crippen LogP contribution in [-0.4, -0.2) is 29.6 Å². The minimum atomic E-state index is -0.950. The average Bonchev–Trinajstić information content (AvgIpc) is 3.45. The van der Waals surface area contributed by atoms with Crippen LogP contribution in [0.4, 0.5) is 10.1 Å². The van der Waals surface area contributed by atoms with E-state index in [0.717, 1.165) is 17.0 Å². The minimum Gasteiger partial charge on any atom is -0.463 e. The summed E-state index contributed by atoms with van der Waals surface area (Å²) in [5, 5.41) is 0. The Kier molecular flexibility index (Phi) is 6.51. The number of hydrogen-bond donors (Lipinski definition) is 0. The van der Waals surface area contributed by atoms with Crippen molar-refractivity contribution in [2.45, 2.75) is 19.9 Å². The normalized spacial score (nSPS) is 17.4. The molecule has 0 saturated heterocycles. The zero-order valence-corrected chi connectivity index (χ0v) is 22.6. The first-order valence-corrected chi connectivity index (χ1v) is 13.7. The number of rotatable bonds is 5. The molecule has 0 fully saturated rings. The summed E-state index contributed by atoms with van der Waals surface area (Å²) >= 11 is 1.11. The summed E-state index contributed by atoms with van der Waals surface area (Å²) in [6.45, 7) is 4.15. The SMILES string of the molecule is CCOC(=O)C1=C(c2ccccc2)N=c2s/c(=C3/C(=O)N(CC)c4ccccc43)c(=O)n2[C@@H]1c1ccc(F)cc1. The second-order valence-corrected chi connectivity index (χ2v) is 10.2. The molecule has 0 saturated carbocycles. The van der Waals surface area contributed by atoms with Crippen molar-refractivity contribution in [2.24, 2.45) is 4.99 Å². The Morgan fingerprint density at radius 3 is 2.38 bits per heavy atom. The maximum absolute atomic E-state index is 14.2. The number of thiazole rings is 1. The standard InChI is InChI=1S/C31H24FN3O4S/c1-3-34-22-13-9-8-12-21(22)23(28(34)36)27-29(37)35-26(19-14-16-20(32)17-15-19)24(30(38)39-4-2)25(33-31(35)40-27)18-10-6-5-7-11-18/h5-17,26H,3-4H2,1-2H3/b27-23+/t26-/m1/s1. The summed E-state index contributed by atoms with van der Waals surface area (Å²) in [4.78, 5) is 48.1. The quantitative estimate of drug-likeness (QED) is 0.352. The van der Waals surface area contributed by atoms with Gasteiger partial charge in [-0.15, -0.1) is 0 Å². The fraction of sp³-hybridized carbons (Fsp3) is 0.161. The average molecular weight is 554 g/mol. The number of para-hydroxylation sites is 1. The first-order valence-electron chi connectivity index (χ1n) is 12.9. The number of halogens is 1. The molecule has 1 atom stereocenters. The molecular formula is C31H24FN3O4S. The number of likely N-dealkylation sites (N-methyl/N-ethyl adjacent to an activating group) is 1. The zero-order valence-electron chi connectivity index (χ0n) is 21.8. The molecule has 2 aliphatic rings. The predicted molar refractivity (Wildman–Crippen MR) is 151 cm³/mol. The van der Waals surface area contributed by atoms with E-state index in [-0.39, 0.29) is 22.6 Å². The van der Waals surface area contributed by atoms with Crippen LogP contribution in [0.2, 0.25) is 0 Å². The Labute approximate surface area is 232 Å². The van der Waals surface area contributed by atoms with Crippen molar-refractivity contribution in [3.05, 3.63) is 127 Å². The van der Waals surface area contributed by atoms with E-state index >= 15 is 0 Å². The van der Waals surface area contributed by atoms with Crippen LogP contribution in [0, 0.1) is 5.82 Å². The number of hydrogen-bond acceptors (Lipinski definition) is 6. The highest BCUT2D eigenvalue weighted by Gasteiger charge is 2.37. The molecule has 0 N–H and O–H groups in total. The van der Waals surface area contributed by atoms with Crippen molar-refractivity contribution in [2.75, 3.05) is 18.1 Å². The van der Waals surface area contributed by atoms with Crippen LogP contribution in [0.1, 0.15) is 36.6 Å². The van der Waals surface area contributed by atoms with Gasteiger partial charge in [-0.3, -0.25) is 14.2 Å². The van der Waals surface area contributed by atoms with Crippen LogP contribution < -0.4 is 19.8 Å². The van der Waals surface area contributed by atoms with Gasteiger partial charge in [0.2, 0.25) is 0 Å². The lowest BCUT2D eigenvalue weighted by atomic mass is 9.93. The van der Waals surface area contributed by atoms with E-state index in [1.165, 1.54) is 16.7 Å². The summed E-state index contributed by atoms with van der Waals surface area (Å²) in [5.41, 5.74) is 2.96. The van der Waals surface area contributed by atoms with Crippen LogP contribution >= 0.6 is 11.3 Å². The fourth-order valence-electron chi connectivity index (χ4n) is 5.26. The number of amides is 1.